The molecule has 2 amide bonds. The first kappa shape index (κ1) is 16.5. The van der Waals surface area contributed by atoms with E-state index in [4.69, 9.17) is 11.6 Å². The number of rotatable bonds is 3. The lowest BCUT2D eigenvalue weighted by Crippen LogP contribution is -2.44. The number of hydrogen-bond donors (Lipinski definition) is 1. The van der Waals surface area contributed by atoms with E-state index < -0.39 is 11.8 Å². The van der Waals surface area contributed by atoms with Crippen molar-refractivity contribution >= 4 is 29.1 Å². The maximum Gasteiger partial charge on any atom is 0.313 e. The second kappa shape index (κ2) is 7.05. The molecule has 1 aromatic heterocycles. The molecular weight excluding hydrogens is 328 g/mol. The molecule has 0 unspecified atom stereocenters. The standard InChI is InChI=1S/C17H19ClN4O2/c1-12-4-5-15(14(18)9-12)20-16(23)17(24)22-7-2-3-13(22)10-21-8-6-19-11-21/h4-6,8-9,11,13H,2-3,7,10H2,1H3,(H,20,23)/t13-/m1/s1. The molecule has 7 heteroatoms. The van der Waals surface area contributed by atoms with Gasteiger partial charge in [0.25, 0.3) is 0 Å². The van der Waals surface area contributed by atoms with Crippen LogP contribution in [0, 0.1) is 6.92 Å². The predicted molar refractivity (Wildman–Crippen MR) is 91.8 cm³/mol. The highest BCUT2D eigenvalue weighted by atomic mass is 35.5. The average molecular weight is 347 g/mol. The van der Waals surface area contributed by atoms with Crippen molar-refractivity contribution in [3.63, 3.8) is 0 Å². The SMILES string of the molecule is Cc1ccc(NC(=O)C(=O)N2CCC[C@@H]2Cn2ccnc2)c(Cl)c1. The number of carbonyl (C=O) groups excluding carboxylic acids is 2. The lowest BCUT2D eigenvalue weighted by atomic mass is 10.2. The highest BCUT2D eigenvalue weighted by molar-refractivity contribution is 6.41. The van der Waals surface area contributed by atoms with Gasteiger partial charge in [-0.3, -0.25) is 9.59 Å². The third-order valence-corrected chi connectivity index (χ3v) is 4.50. The maximum absolute atomic E-state index is 12.5. The van der Waals surface area contributed by atoms with Crippen LogP contribution in [0.3, 0.4) is 0 Å². The molecule has 0 bridgehead atoms. The van der Waals surface area contributed by atoms with Crippen LogP contribution in [0.2, 0.25) is 5.02 Å². The van der Waals surface area contributed by atoms with Crippen LogP contribution in [0.5, 0.6) is 0 Å². The zero-order valence-electron chi connectivity index (χ0n) is 13.4. The molecule has 1 atom stereocenters. The Hall–Kier alpha value is -2.34. The largest absolute Gasteiger partial charge is 0.335 e. The molecule has 0 saturated carbocycles. The van der Waals surface area contributed by atoms with Gasteiger partial charge in [0, 0.05) is 25.5 Å². The number of likely N-dealkylation sites (tertiary alicyclic amines) is 1. The molecule has 0 radical (unpaired) electrons. The summed E-state index contributed by atoms with van der Waals surface area (Å²) in [5.74, 6) is -1.17. The number of benzene rings is 1. The number of imidazole rings is 1. The molecule has 1 saturated heterocycles. The zero-order valence-corrected chi connectivity index (χ0v) is 14.2. The molecule has 2 aromatic rings. The summed E-state index contributed by atoms with van der Waals surface area (Å²) >= 11 is 6.11. The Morgan fingerprint density at radius 1 is 1.42 bits per heavy atom. The van der Waals surface area contributed by atoms with Crippen LogP contribution < -0.4 is 5.32 Å². The van der Waals surface area contributed by atoms with E-state index >= 15 is 0 Å². The van der Waals surface area contributed by atoms with Crippen LogP contribution in [0.4, 0.5) is 5.69 Å². The molecule has 24 heavy (non-hydrogen) atoms. The topological polar surface area (TPSA) is 67.2 Å². The molecular formula is C17H19ClN4O2. The van der Waals surface area contributed by atoms with E-state index in [1.165, 1.54) is 0 Å². The molecule has 0 aliphatic carbocycles. The fourth-order valence-electron chi connectivity index (χ4n) is 2.96. The van der Waals surface area contributed by atoms with E-state index in [2.05, 4.69) is 10.3 Å². The Bertz CT molecular complexity index is 745. The maximum atomic E-state index is 12.5. The smallest absolute Gasteiger partial charge is 0.313 e. The Morgan fingerprint density at radius 3 is 2.96 bits per heavy atom. The van der Waals surface area contributed by atoms with Gasteiger partial charge in [0.1, 0.15) is 0 Å². The molecule has 1 fully saturated rings. The Kier molecular flexibility index (Phi) is 4.85. The van der Waals surface area contributed by atoms with Crippen molar-refractivity contribution in [1.29, 1.82) is 0 Å². The lowest BCUT2D eigenvalue weighted by molar-refractivity contribution is -0.143. The monoisotopic (exact) mass is 346 g/mol. The van der Waals surface area contributed by atoms with Crippen LogP contribution in [0.15, 0.2) is 36.9 Å². The lowest BCUT2D eigenvalue weighted by Gasteiger charge is -2.24. The normalized spacial score (nSPS) is 17.1. The number of carbonyl (C=O) groups is 2. The number of aromatic nitrogens is 2. The molecule has 1 N–H and O–H groups in total. The van der Waals surface area contributed by atoms with E-state index in [-0.39, 0.29) is 6.04 Å². The van der Waals surface area contributed by atoms with E-state index in [0.29, 0.717) is 23.8 Å². The van der Waals surface area contributed by atoms with Crippen molar-refractivity contribution in [2.24, 2.45) is 0 Å². The van der Waals surface area contributed by atoms with E-state index in [1.54, 1.807) is 29.6 Å². The Labute approximate surface area is 145 Å². The first-order valence-electron chi connectivity index (χ1n) is 7.88. The predicted octanol–water partition coefficient (Wildman–Crippen LogP) is 2.47. The van der Waals surface area contributed by atoms with Gasteiger partial charge in [-0.25, -0.2) is 4.98 Å². The van der Waals surface area contributed by atoms with Crippen LogP contribution in [-0.4, -0.2) is 38.9 Å². The van der Waals surface area contributed by atoms with E-state index in [1.807, 2.05) is 23.8 Å². The highest BCUT2D eigenvalue weighted by Gasteiger charge is 2.32. The molecule has 1 aliphatic rings. The summed E-state index contributed by atoms with van der Waals surface area (Å²) in [6, 6.07) is 5.30. The first-order chi connectivity index (χ1) is 11.5. The van der Waals surface area contributed by atoms with Crippen molar-refractivity contribution in [1.82, 2.24) is 14.5 Å². The minimum absolute atomic E-state index is 0.00550. The fraction of sp³-hybridized carbons (Fsp3) is 0.353. The zero-order chi connectivity index (χ0) is 17.1. The number of nitrogens with one attached hydrogen (secondary N) is 1. The van der Waals surface area contributed by atoms with Gasteiger partial charge in [0.15, 0.2) is 0 Å². The number of aryl methyl sites for hydroxylation is 1. The number of anilines is 1. The summed E-state index contributed by atoms with van der Waals surface area (Å²) in [4.78, 5) is 30.5. The third kappa shape index (κ3) is 3.59. The minimum atomic E-state index is -0.654. The summed E-state index contributed by atoms with van der Waals surface area (Å²) in [7, 11) is 0. The van der Waals surface area contributed by atoms with Crippen molar-refractivity contribution in [2.45, 2.75) is 32.4 Å². The number of hydrogen-bond acceptors (Lipinski definition) is 3. The van der Waals surface area contributed by atoms with Crippen molar-refractivity contribution in [3.8, 4) is 0 Å². The molecule has 6 nitrogen and oxygen atoms in total. The van der Waals surface area contributed by atoms with Gasteiger partial charge in [0.05, 0.1) is 23.1 Å². The Balaban J connectivity index is 1.67. The molecule has 0 spiro atoms. The van der Waals surface area contributed by atoms with Gasteiger partial charge in [-0.2, -0.15) is 0 Å². The van der Waals surface area contributed by atoms with Gasteiger partial charge < -0.3 is 14.8 Å². The summed E-state index contributed by atoms with van der Waals surface area (Å²) in [5, 5.41) is 3.04. The van der Waals surface area contributed by atoms with Gasteiger partial charge in [-0.1, -0.05) is 17.7 Å². The van der Waals surface area contributed by atoms with Crippen LogP contribution >= 0.6 is 11.6 Å². The van der Waals surface area contributed by atoms with Gasteiger partial charge in [-0.05, 0) is 37.5 Å². The summed E-state index contributed by atoms with van der Waals surface area (Å²) in [6.45, 7) is 3.14. The van der Waals surface area contributed by atoms with Gasteiger partial charge in [0.2, 0.25) is 0 Å². The molecule has 3 rings (SSSR count). The van der Waals surface area contributed by atoms with E-state index in [9.17, 15) is 9.59 Å². The molecule has 126 valence electrons. The van der Waals surface area contributed by atoms with Crippen molar-refractivity contribution in [2.75, 3.05) is 11.9 Å². The van der Waals surface area contributed by atoms with E-state index in [0.717, 1.165) is 18.4 Å². The first-order valence-corrected chi connectivity index (χ1v) is 8.26. The van der Waals surface area contributed by atoms with Gasteiger partial charge >= 0.3 is 11.8 Å². The Morgan fingerprint density at radius 2 is 2.25 bits per heavy atom. The highest BCUT2D eigenvalue weighted by Crippen LogP contribution is 2.24. The van der Waals surface area contributed by atoms with Crippen LogP contribution in [0.25, 0.3) is 0 Å². The average Bonchev–Trinajstić information content (AvgIpc) is 3.21. The summed E-state index contributed by atoms with van der Waals surface area (Å²) < 4.78 is 1.92. The van der Waals surface area contributed by atoms with Crippen LogP contribution in [0.1, 0.15) is 18.4 Å². The second-order valence-corrected chi connectivity index (χ2v) is 6.40. The fourth-order valence-corrected chi connectivity index (χ4v) is 3.24. The van der Waals surface area contributed by atoms with Crippen molar-refractivity contribution < 1.29 is 9.59 Å². The quantitative estimate of drug-likeness (QED) is 0.868. The second-order valence-electron chi connectivity index (χ2n) is 5.99. The molecule has 1 aromatic carbocycles. The summed E-state index contributed by atoms with van der Waals surface area (Å²) in [5.41, 5.74) is 1.44. The summed E-state index contributed by atoms with van der Waals surface area (Å²) in [6.07, 6.45) is 7.04. The van der Waals surface area contributed by atoms with Gasteiger partial charge in [-0.15, -0.1) is 0 Å². The number of nitrogens with zero attached hydrogens (tertiary/aromatic N) is 3. The number of halogens is 1. The number of amides is 2. The minimum Gasteiger partial charge on any atom is -0.335 e. The third-order valence-electron chi connectivity index (χ3n) is 4.19. The van der Waals surface area contributed by atoms with Crippen molar-refractivity contribution in [3.05, 3.63) is 47.5 Å². The van der Waals surface area contributed by atoms with Crippen LogP contribution in [-0.2, 0) is 16.1 Å². The molecule has 2 heterocycles. The molecule has 1 aliphatic heterocycles.